The predicted octanol–water partition coefficient (Wildman–Crippen LogP) is 3.36. The molecule has 1 saturated heterocycles. The van der Waals surface area contributed by atoms with E-state index in [1.54, 1.807) is 6.08 Å². The molecule has 190 valence electrons. The third kappa shape index (κ3) is 6.55. The second-order valence-corrected chi connectivity index (χ2v) is 10.7. The van der Waals surface area contributed by atoms with Gasteiger partial charge in [0.1, 0.15) is 11.7 Å². The number of nitrogens with zero attached hydrogens (tertiary/aromatic N) is 5. The lowest BCUT2D eigenvalue weighted by Gasteiger charge is -2.34. The number of nitrogens with one attached hydrogen (secondary N) is 1. The molecule has 1 aliphatic heterocycles. The van der Waals surface area contributed by atoms with Gasteiger partial charge in [0.25, 0.3) is 0 Å². The Balaban J connectivity index is 1.35. The van der Waals surface area contributed by atoms with Crippen LogP contribution in [0.2, 0.25) is 0 Å². The van der Waals surface area contributed by atoms with E-state index in [1.165, 1.54) is 11.8 Å². The van der Waals surface area contributed by atoms with E-state index in [1.807, 2.05) is 30.3 Å². The average molecular weight is 507 g/mol. The second-order valence-electron chi connectivity index (χ2n) is 9.63. The molecule has 1 aromatic carbocycles. The van der Waals surface area contributed by atoms with Gasteiger partial charge in [-0.05, 0) is 80.2 Å². The first-order valence-electron chi connectivity index (χ1n) is 12.7. The van der Waals surface area contributed by atoms with Crippen LogP contribution < -0.4 is 21.7 Å². The number of hydrogen-bond donors (Lipinski definition) is 3. The van der Waals surface area contributed by atoms with E-state index in [9.17, 15) is 4.79 Å². The number of amidine groups is 1. The Bertz CT molecular complexity index is 1150. The van der Waals surface area contributed by atoms with Crippen molar-refractivity contribution in [3.8, 4) is 0 Å². The fraction of sp³-hybridized carbons (Fsp3) is 0.462. The minimum atomic E-state index is 0.103. The third-order valence-electron chi connectivity index (χ3n) is 6.71. The minimum Gasteiger partial charge on any atom is -0.402 e. The normalized spacial score (nSPS) is 19.4. The van der Waals surface area contributed by atoms with Crippen molar-refractivity contribution in [3.05, 3.63) is 42.1 Å². The lowest BCUT2D eigenvalue weighted by molar-refractivity contribution is -0.117. The molecule has 0 unspecified atom stereocenters. The monoisotopic (exact) mass is 506 g/mol. The van der Waals surface area contributed by atoms with Gasteiger partial charge in [-0.2, -0.15) is 0 Å². The van der Waals surface area contributed by atoms with Crippen LogP contribution in [0, 0.1) is 11.8 Å². The summed E-state index contributed by atoms with van der Waals surface area (Å²) in [5.41, 5.74) is 13.9. The molecule has 1 aromatic heterocycles. The fourth-order valence-corrected chi connectivity index (χ4v) is 4.89. The molecule has 2 aliphatic carbocycles. The van der Waals surface area contributed by atoms with E-state index in [2.05, 4.69) is 32.0 Å². The number of aliphatic imine (C=N–C) groups is 1. The summed E-state index contributed by atoms with van der Waals surface area (Å²) < 4.78 is 0. The number of carbonyl (C=O) groups is 1. The fourth-order valence-electron chi connectivity index (χ4n) is 4.13. The van der Waals surface area contributed by atoms with Gasteiger partial charge >= 0.3 is 0 Å². The van der Waals surface area contributed by atoms with Crippen LogP contribution in [0.25, 0.3) is 0 Å². The number of allylic oxidation sites excluding steroid dienone is 1. The summed E-state index contributed by atoms with van der Waals surface area (Å²) in [5.74, 6) is 2.43. The van der Waals surface area contributed by atoms with Crippen molar-refractivity contribution in [2.45, 2.75) is 42.7 Å². The molecule has 2 heterocycles. The quantitative estimate of drug-likeness (QED) is 0.269. The van der Waals surface area contributed by atoms with E-state index in [0.717, 1.165) is 80.5 Å². The smallest absolute Gasteiger partial charge is 0.227 e. The molecule has 0 spiro atoms. The maximum atomic E-state index is 12.0. The molecule has 10 heteroatoms. The number of likely N-dealkylation sites (N-methyl/N-ethyl adjacent to an activating group) is 1. The highest BCUT2D eigenvalue weighted by atomic mass is 32.2. The van der Waals surface area contributed by atoms with Gasteiger partial charge in [-0.25, -0.2) is 15.0 Å². The first-order chi connectivity index (χ1) is 17.5. The van der Waals surface area contributed by atoms with E-state index in [4.69, 9.17) is 16.5 Å². The lowest BCUT2D eigenvalue weighted by Crippen LogP contribution is -2.46. The first-order valence-corrected chi connectivity index (χ1v) is 13.5. The number of anilines is 2. The topological polar surface area (TPSA) is 126 Å². The van der Waals surface area contributed by atoms with Crippen LogP contribution in [-0.4, -0.2) is 59.3 Å². The summed E-state index contributed by atoms with van der Waals surface area (Å²) in [5, 5.41) is 3.58. The maximum Gasteiger partial charge on any atom is 0.227 e. The Morgan fingerprint density at radius 3 is 2.42 bits per heavy atom. The molecular formula is C26H34N8OS. The van der Waals surface area contributed by atoms with Crippen molar-refractivity contribution in [2.24, 2.45) is 28.3 Å². The minimum absolute atomic E-state index is 0.103. The summed E-state index contributed by atoms with van der Waals surface area (Å²) in [6.07, 6.45) is 5.95. The zero-order chi connectivity index (χ0) is 25.1. The summed E-state index contributed by atoms with van der Waals surface area (Å²) in [4.78, 5) is 31.8. The first kappa shape index (κ1) is 24.6. The molecule has 36 heavy (non-hydrogen) atoms. The molecule has 3 aliphatic rings. The number of rotatable bonds is 9. The largest absolute Gasteiger partial charge is 0.402 e. The zero-order valence-corrected chi connectivity index (χ0v) is 21.5. The molecule has 3 fully saturated rings. The van der Waals surface area contributed by atoms with Crippen molar-refractivity contribution in [1.82, 2.24) is 14.9 Å². The SMILES string of the molecule is CCN1CCN(c2cc(N=C(N)C=C(N)C3CC3)nc(Sc3ccc(NC(=O)C4CC4)cc3)n2)CC1. The second kappa shape index (κ2) is 10.9. The molecule has 1 amide bonds. The maximum absolute atomic E-state index is 12.0. The Labute approximate surface area is 216 Å². The number of piperazine rings is 1. The van der Waals surface area contributed by atoms with Crippen LogP contribution in [-0.2, 0) is 4.79 Å². The van der Waals surface area contributed by atoms with Crippen LogP contribution >= 0.6 is 11.8 Å². The molecule has 0 atom stereocenters. The number of hydrogen-bond acceptors (Lipinski definition) is 8. The summed E-state index contributed by atoms with van der Waals surface area (Å²) in [6.45, 7) is 7.04. The van der Waals surface area contributed by atoms with Gasteiger partial charge in [0.05, 0.1) is 0 Å². The molecular weight excluding hydrogens is 472 g/mol. The third-order valence-corrected chi connectivity index (χ3v) is 7.58. The number of benzene rings is 1. The Kier molecular flexibility index (Phi) is 7.43. The van der Waals surface area contributed by atoms with E-state index < -0.39 is 0 Å². The Morgan fingerprint density at radius 2 is 1.78 bits per heavy atom. The average Bonchev–Trinajstić information content (AvgIpc) is 3.78. The van der Waals surface area contributed by atoms with Gasteiger partial charge < -0.3 is 26.6 Å². The number of carbonyl (C=O) groups excluding carboxylic acids is 1. The molecule has 5 rings (SSSR count). The van der Waals surface area contributed by atoms with Gasteiger partial charge in [0.2, 0.25) is 5.91 Å². The number of nitrogens with two attached hydrogens (primary N) is 2. The molecule has 0 radical (unpaired) electrons. The highest BCUT2D eigenvalue weighted by Gasteiger charge is 2.29. The van der Waals surface area contributed by atoms with E-state index in [-0.39, 0.29) is 11.8 Å². The van der Waals surface area contributed by atoms with Crippen molar-refractivity contribution >= 4 is 40.8 Å². The molecule has 9 nitrogen and oxygen atoms in total. The van der Waals surface area contributed by atoms with Crippen LogP contribution in [0.3, 0.4) is 0 Å². The zero-order valence-electron chi connectivity index (χ0n) is 20.7. The van der Waals surface area contributed by atoms with E-state index in [0.29, 0.717) is 22.7 Å². The van der Waals surface area contributed by atoms with Crippen molar-refractivity contribution in [1.29, 1.82) is 0 Å². The van der Waals surface area contributed by atoms with Crippen LogP contribution in [0.4, 0.5) is 17.3 Å². The van der Waals surface area contributed by atoms with Crippen molar-refractivity contribution < 1.29 is 4.79 Å². The standard InChI is InChI=1S/C26H34N8OS/c1-2-33-11-13-34(14-12-33)24-16-23(30-22(28)15-21(27)17-3-4-17)31-26(32-24)36-20-9-7-19(8-10-20)29-25(35)18-5-6-18/h7-10,15-18H,2-6,11-14,27H2,1H3,(H,29,35)(H2,28,30,31,32). The van der Waals surface area contributed by atoms with Crippen molar-refractivity contribution in [2.75, 3.05) is 42.9 Å². The van der Waals surface area contributed by atoms with Gasteiger partial charge in [0.15, 0.2) is 11.0 Å². The Hall–Kier alpha value is -3.11. The number of amides is 1. The summed E-state index contributed by atoms with van der Waals surface area (Å²) in [6, 6.07) is 9.67. The van der Waals surface area contributed by atoms with Crippen molar-refractivity contribution in [3.63, 3.8) is 0 Å². The van der Waals surface area contributed by atoms with E-state index >= 15 is 0 Å². The molecule has 2 aromatic rings. The van der Waals surface area contributed by atoms with Crippen LogP contribution in [0.1, 0.15) is 32.6 Å². The van der Waals surface area contributed by atoms with Crippen LogP contribution in [0.15, 0.2) is 57.1 Å². The van der Waals surface area contributed by atoms with Crippen LogP contribution in [0.5, 0.6) is 0 Å². The highest BCUT2D eigenvalue weighted by molar-refractivity contribution is 7.99. The summed E-state index contributed by atoms with van der Waals surface area (Å²) in [7, 11) is 0. The highest BCUT2D eigenvalue weighted by Crippen LogP contribution is 2.34. The molecule has 0 bridgehead atoms. The van der Waals surface area contributed by atoms with Gasteiger partial charge in [-0.15, -0.1) is 0 Å². The lowest BCUT2D eigenvalue weighted by atomic mass is 10.3. The van der Waals surface area contributed by atoms with Gasteiger partial charge in [-0.3, -0.25) is 4.79 Å². The summed E-state index contributed by atoms with van der Waals surface area (Å²) >= 11 is 1.46. The van der Waals surface area contributed by atoms with Gasteiger partial charge in [-0.1, -0.05) is 6.92 Å². The van der Waals surface area contributed by atoms with Gasteiger partial charge in [0, 0.05) is 54.4 Å². The Morgan fingerprint density at radius 1 is 1.08 bits per heavy atom. The number of aromatic nitrogens is 2. The predicted molar refractivity (Wildman–Crippen MR) is 145 cm³/mol. The molecule has 2 saturated carbocycles. The molecule has 5 N–H and O–H groups in total.